The van der Waals surface area contributed by atoms with Crippen LogP contribution in [0, 0.1) is 11.3 Å². The van der Waals surface area contributed by atoms with Gasteiger partial charge in [-0.25, -0.2) is 0 Å². The summed E-state index contributed by atoms with van der Waals surface area (Å²) in [5, 5.41) is 0. The predicted octanol–water partition coefficient (Wildman–Crippen LogP) is 4.23. The van der Waals surface area contributed by atoms with Crippen molar-refractivity contribution < 1.29 is 0 Å². The van der Waals surface area contributed by atoms with Gasteiger partial charge in [0.2, 0.25) is 0 Å². The summed E-state index contributed by atoms with van der Waals surface area (Å²) in [6.45, 7) is 10.9. The first-order valence-corrected chi connectivity index (χ1v) is 8.16. The number of thiol groups is 1. The van der Waals surface area contributed by atoms with E-state index < -0.39 is 0 Å². The molecule has 102 valence electrons. The summed E-state index contributed by atoms with van der Waals surface area (Å²) in [6.07, 6.45) is 8.15. The molecule has 0 bridgehead atoms. The number of nitrogens with zero attached hydrogens (tertiary/aromatic N) is 1. The van der Waals surface area contributed by atoms with E-state index >= 15 is 0 Å². The Labute approximate surface area is 114 Å². The molecule has 0 spiro atoms. The van der Waals surface area contributed by atoms with Crippen molar-refractivity contribution in [2.24, 2.45) is 11.3 Å². The summed E-state index contributed by atoms with van der Waals surface area (Å²) >= 11 is 4.60. The Kier molecular flexibility index (Phi) is 6.94. The van der Waals surface area contributed by atoms with Crippen LogP contribution < -0.4 is 0 Å². The Balaban J connectivity index is 2.50. The average molecular weight is 257 g/mol. The highest BCUT2D eigenvalue weighted by Crippen LogP contribution is 2.30. The molecule has 1 rings (SSSR count). The molecule has 0 saturated carbocycles. The molecule has 0 aromatic rings. The molecule has 0 aliphatic carbocycles. The summed E-state index contributed by atoms with van der Waals surface area (Å²) in [4.78, 5) is 2.71. The largest absolute Gasteiger partial charge is 0.303 e. The van der Waals surface area contributed by atoms with Gasteiger partial charge >= 0.3 is 0 Å². The van der Waals surface area contributed by atoms with Crippen LogP contribution in [0.15, 0.2) is 0 Å². The first kappa shape index (κ1) is 15.4. The number of likely N-dealkylation sites (tertiary alicyclic amines) is 1. The molecule has 1 aliphatic heterocycles. The van der Waals surface area contributed by atoms with Crippen molar-refractivity contribution in [3.63, 3.8) is 0 Å². The van der Waals surface area contributed by atoms with Crippen molar-refractivity contribution in [1.29, 1.82) is 0 Å². The molecular formula is C15H31NS. The van der Waals surface area contributed by atoms with E-state index in [0.29, 0.717) is 5.41 Å². The fraction of sp³-hybridized carbons (Fsp3) is 1.00. The molecule has 1 heterocycles. The van der Waals surface area contributed by atoms with Gasteiger partial charge in [-0.1, -0.05) is 27.2 Å². The van der Waals surface area contributed by atoms with E-state index in [2.05, 4.69) is 38.3 Å². The van der Waals surface area contributed by atoms with Crippen LogP contribution in [0.25, 0.3) is 0 Å². The Morgan fingerprint density at radius 2 is 1.82 bits per heavy atom. The molecule has 2 heteroatoms. The van der Waals surface area contributed by atoms with Crippen LogP contribution >= 0.6 is 12.6 Å². The standard InChI is InChI=1S/C15H31NS/c1-4-14-8-7-10-16(11-9-14)12-15(5-2,6-3)13-17/h14,17H,4-13H2,1-3H3. The quantitative estimate of drug-likeness (QED) is 0.697. The molecule has 0 aromatic heterocycles. The van der Waals surface area contributed by atoms with Crippen LogP contribution in [0.2, 0.25) is 0 Å². The smallest absolute Gasteiger partial charge is 0.00456 e. The second-order valence-electron chi connectivity index (χ2n) is 5.85. The van der Waals surface area contributed by atoms with Crippen molar-refractivity contribution in [3.05, 3.63) is 0 Å². The summed E-state index contributed by atoms with van der Waals surface area (Å²) in [5.74, 6) is 2.02. The Morgan fingerprint density at radius 1 is 1.12 bits per heavy atom. The normalized spacial score (nSPS) is 23.6. The van der Waals surface area contributed by atoms with Gasteiger partial charge in [0.25, 0.3) is 0 Å². The minimum atomic E-state index is 0.454. The van der Waals surface area contributed by atoms with Gasteiger partial charge in [-0.3, -0.25) is 0 Å². The van der Waals surface area contributed by atoms with Crippen LogP contribution in [0.4, 0.5) is 0 Å². The second-order valence-corrected chi connectivity index (χ2v) is 6.16. The summed E-state index contributed by atoms with van der Waals surface area (Å²) < 4.78 is 0. The molecule has 1 atom stereocenters. The SMILES string of the molecule is CCC1CCCN(CC(CC)(CC)CS)CC1. The highest BCUT2D eigenvalue weighted by Gasteiger charge is 2.28. The van der Waals surface area contributed by atoms with Gasteiger partial charge < -0.3 is 4.90 Å². The zero-order valence-electron chi connectivity index (χ0n) is 12.0. The van der Waals surface area contributed by atoms with Crippen molar-refractivity contribution >= 4 is 12.6 Å². The van der Waals surface area contributed by atoms with Crippen LogP contribution in [0.1, 0.15) is 59.3 Å². The lowest BCUT2D eigenvalue weighted by molar-refractivity contribution is 0.160. The molecule has 0 amide bonds. The molecule has 0 aromatic carbocycles. The van der Waals surface area contributed by atoms with Crippen LogP contribution in [0.5, 0.6) is 0 Å². The highest BCUT2D eigenvalue weighted by atomic mass is 32.1. The van der Waals surface area contributed by atoms with Gasteiger partial charge in [0.1, 0.15) is 0 Å². The molecule has 1 unspecified atom stereocenters. The Morgan fingerprint density at radius 3 is 2.35 bits per heavy atom. The average Bonchev–Trinajstić information content (AvgIpc) is 2.61. The summed E-state index contributed by atoms with van der Waals surface area (Å²) in [6, 6.07) is 0. The fourth-order valence-electron chi connectivity index (χ4n) is 3.01. The van der Waals surface area contributed by atoms with E-state index in [0.717, 1.165) is 11.7 Å². The molecule has 1 saturated heterocycles. The minimum absolute atomic E-state index is 0.454. The zero-order valence-corrected chi connectivity index (χ0v) is 12.9. The van der Waals surface area contributed by atoms with E-state index in [1.165, 1.54) is 58.2 Å². The van der Waals surface area contributed by atoms with E-state index in [4.69, 9.17) is 0 Å². The lowest BCUT2D eigenvalue weighted by Gasteiger charge is -2.36. The van der Waals surface area contributed by atoms with Crippen molar-refractivity contribution in [2.45, 2.75) is 59.3 Å². The summed E-state index contributed by atoms with van der Waals surface area (Å²) in [7, 11) is 0. The van der Waals surface area contributed by atoms with Crippen molar-refractivity contribution in [1.82, 2.24) is 4.90 Å². The van der Waals surface area contributed by atoms with Gasteiger partial charge in [0.05, 0.1) is 0 Å². The molecule has 0 radical (unpaired) electrons. The van der Waals surface area contributed by atoms with Crippen molar-refractivity contribution in [2.75, 3.05) is 25.4 Å². The van der Waals surface area contributed by atoms with Gasteiger partial charge in [0.15, 0.2) is 0 Å². The van der Waals surface area contributed by atoms with Gasteiger partial charge in [-0.05, 0) is 62.3 Å². The van der Waals surface area contributed by atoms with E-state index in [1.807, 2.05) is 0 Å². The van der Waals surface area contributed by atoms with E-state index in [1.54, 1.807) is 0 Å². The lowest BCUT2D eigenvalue weighted by atomic mass is 9.83. The topological polar surface area (TPSA) is 3.24 Å². The zero-order chi connectivity index (χ0) is 12.7. The predicted molar refractivity (Wildman–Crippen MR) is 80.9 cm³/mol. The monoisotopic (exact) mass is 257 g/mol. The third-order valence-electron chi connectivity index (χ3n) is 4.91. The summed E-state index contributed by atoms with van der Waals surface area (Å²) in [5.41, 5.74) is 0.454. The Bertz CT molecular complexity index is 193. The maximum absolute atomic E-state index is 4.60. The first-order chi connectivity index (χ1) is 8.19. The van der Waals surface area contributed by atoms with Crippen LogP contribution in [-0.2, 0) is 0 Å². The molecule has 1 aliphatic rings. The Hall–Kier alpha value is 0.310. The van der Waals surface area contributed by atoms with Crippen LogP contribution in [-0.4, -0.2) is 30.3 Å². The molecule has 1 nitrogen and oxygen atoms in total. The number of hydrogen-bond donors (Lipinski definition) is 1. The molecule has 17 heavy (non-hydrogen) atoms. The third kappa shape index (κ3) is 4.48. The minimum Gasteiger partial charge on any atom is -0.303 e. The van der Waals surface area contributed by atoms with Crippen LogP contribution in [0.3, 0.4) is 0 Å². The number of rotatable bonds is 6. The van der Waals surface area contributed by atoms with Gasteiger partial charge in [0, 0.05) is 6.54 Å². The van der Waals surface area contributed by atoms with Gasteiger partial charge in [-0.15, -0.1) is 0 Å². The fourth-order valence-corrected chi connectivity index (χ4v) is 3.56. The first-order valence-electron chi connectivity index (χ1n) is 7.53. The van der Waals surface area contributed by atoms with E-state index in [-0.39, 0.29) is 0 Å². The van der Waals surface area contributed by atoms with E-state index in [9.17, 15) is 0 Å². The van der Waals surface area contributed by atoms with Crippen molar-refractivity contribution in [3.8, 4) is 0 Å². The molecular weight excluding hydrogens is 226 g/mol. The third-order valence-corrected chi connectivity index (χ3v) is 5.58. The lowest BCUT2D eigenvalue weighted by Crippen LogP contribution is -2.39. The van der Waals surface area contributed by atoms with Gasteiger partial charge in [-0.2, -0.15) is 12.6 Å². The molecule has 0 N–H and O–H groups in total. The maximum Gasteiger partial charge on any atom is 0.00456 e. The molecule has 1 fully saturated rings. The maximum atomic E-state index is 4.60. The highest BCUT2D eigenvalue weighted by molar-refractivity contribution is 7.80. The number of hydrogen-bond acceptors (Lipinski definition) is 2. The second kappa shape index (κ2) is 7.68.